The molecule has 3 N–H and O–H groups in total. The molecule has 0 aliphatic heterocycles. The lowest BCUT2D eigenvalue weighted by atomic mass is 10.3. The molecule has 1 rings (SSSR count). The van der Waals surface area contributed by atoms with E-state index in [1.807, 2.05) is 0 Å². The van der Waals surface area contributed by atoms with Crippen molar-refractivity contribution >= 4 is 23.8 Å². The first kappa shape index (κ1) is 13.5. The first-order valence-electron chi connectivity index (χ1n) is 5.10. The maximum atomic E-state index is 11.8. The average Bonchev–Trinajstić information content (AvgIpc) is 2.39. The Morgan fingerprint density at radius 2 is 1.83 bits per heavy atom. The highest BCUT2D eigenvalue weighted by atomic mass is 16.5. The van der Waals surface area contributed by atoms with E-state index in [0.29, 0.717) is 10.6 Å². The number of carbonyl (C=O) groups excluding carboxylic acids is 2. The van der Waals surface area contributed by atoms with E-state index < -0.39 is 18.1 Å². The molecular formula is C11H14N4O3. The van der Waals surface area contributed by atoms with Crippen molar-refractivity contribution in [2.45, 2.75) is 0 Å². The number of nitrogens with one attached hydrogen (secondary N) is 3. The maximum Gasteiger partial charge on any atom is 0.338 e. The standard InChI is InChI=1S/C11H14N4O3/c1-13-10(16)15(9(12)18-2)11(17)14-8-6-4-3-5-7-8/h3-7,12H,1-2H3,(H,13,16)(H,14,17). The first-order chi connectivity index (χ1) is 8.60. The van der Waals surface area contributed by atoms with E-state index in [4.69, 9.17) is 5.41 Å². The van der Waals surface area contributed by atoms with Crippen molar-refractivity contribution < 1.29 is 14.3 Å². The Bertz CT molecular complexity index is 431. The van der Waals surface area contributed by atoms with Crippen LogP contribution in [0.25, 0.3) is 0 Å². The van der Waals surface area contributed by atoms with Gasteiger partial charge in [-0.25, -0.2) is 9.59 Å². The number of hydrogen-bond donors (Lipinski definition) is 3. The second-order valence-electron chi connectivity index (χ2n) is 3.20. The highest BCUT2D eigenvalue weighted by molar-refractivity contribution is 6.12. The predicted molar refractivity (Wildman–Crippen MR) is 66.5 cm³/mol. The number of urea groups is 2. The predicted octanol–water partition coefficient (Wildman–Crippen LogP) is 1.44. The number of methoxy groups -OCH3 is 1. The molecule has 0 heterocycles. The van der Waals surface area contributed by atoms with Crippen LogP contribution in [-0.2, 0) is 4.74 Å². The van der Waals surface area contributed by atoms with Gasteiger partial charge < -0.3 is 15.4 Å². The molecule has 18 heavy (non-hydrogen) atoms. The van der Waals surface area contributed by atoms with Gasteiger partial charge >= 0.3 is 18.1 Å². The van der Waals surface area contributed by atoms with Crippen molar-refractivity contribution in [1.29, 1.82) is 5.41 Å². The van der Waals surface area contributed by atoms with Crippen LogP contribution in [0.1, 0.15) is 0 Å². The number of amidine groups is 1. The lowest BCUT2D eigenvalue weighted by Gasteiger charge is -2.19. The van der Waals surface area contributed by atoms with Gasteiger partial charge in [-0.2, -0.15) is 4.90 Å². The molecule has 0 fully saturated rings. The molecule has 0 aliphatic carbocycles. The molecule has 0 aliphatic rings. The van der Waals surface area contributed by atoms with Crippen molar-refractivity contribution in [3.05, 3.63) is 30.3 Å². The van der Waals surface area contributed by atoms with Gasteiger partial charge in [0.2, 0.25) is 0 Å². The molecule has 0 radical (unpaired) electrons. The van der Waals surface area contributed by atoms with Crippen LogP contribution in [0.3, 0.4) is 0 Å². The topological polar surface area (TPSA) is 94.5 Å². The van der Waals surface area contributed by atoms with Gasteiger partial charge in [-0.15, -0.1) is 0 Å². The fourth-order valence-corrected chi connectivity index (χ4v) is 1.18. The van der Waals surface area contributed by atoms with Crippen LogP contribution in [0, 0.1) is 5.41 Å². The molecule has 0 atom stereocenters. The summed E-state index contributed by atoms with van der Waals surface area (Å²) >= 11 is 0. The lowest BCUT2D eigenvalue weighted by Crippen LogP contribution is -2.48. The Labute approximate surface area is 104 Å². The number of ether oxygens (including phenoxy) is 1. The summed E-state index contributed by atoms with van der Waals surface area (Å²) in [4.78, 5) is 23.9. The Balaban J connectivity index is 2.83. The molecular weight excluding hydrogens is 236 g/mol. The van der Waals surface area contributed by atoms with E-state index in [0.717, 1.165) is 0 Å². The molecule has 0 saturated heterocycles. The van der Waals surface area contributed by atoms with Crippen LogP contribution in [0.15, 0.2) is 30.3 Å². The summed E-state index contributed by atoms with van der Waals surface area (Å²) in [5, 5.41) is 12.1. The van der Waals surface area contributed by atoms with Gasteiger partial charge in [-0.3, -0.25) is 5.41 Å². The summed E-state index contributed by atoms with van der Waals surface area (Å²) in [5.74, 6) is 0. The number of rotatable bonds is 1. The van der Waals surface area contributed by atoms with E-state index in [9.17, 15) is 9.59 Å². The Hall–Kier alpha value is -2.57. The molecule has 0 aromatic heterocycles. The minimum absolute atomic E-state index is 0.514. The maximum absolute atomic E-state index is 11.8. The van der Waals surface area contributed by atoms with Crippen molar-refractivity contribution in [1.82, 2.24) is 10.2 Å². The van der Waals surface area contributed by atoms with E-state index in [1.165, 1.54) is 14.2 Å². The van der Waals surface area contributed by atoms with E-state index in [1.54, 1.807) is 30.3 Å². The molecule has 1 aromatic carbocycles. The van der Waals surface area contributed by atoms with E-state index >= 15 is 0 Å². The SMILES string of the molecule is CNC(=O)N(C(=N)OC)C(=O)Nc1ccccc1. The number of amides is 4. The van der Waals surface area contributed by atoms with Gasteiger partial charge in [0.05, 0.1) is 7.11 Å². The van der Waals surface area contributed by atoms with Gasteiger partial charge in [0.1, 0.15) is 0 Å². The lowest BCUT2D eigenvalue weighted by molar-refractivity contribution is 0.203. The number of para-hydroxylation sites is 1. The second-order valence-corrected chi connectivity index (χ2v) is 3.20. The van der Waals surface area contributed by atoms with Gasteiger partial charge in [-0.05, 0) is 12.1 Å². The molecule has 0 bridgehead atoms. The van der Waals surface area contributed by atoms with Crippen molar-refractivity contribution in [3.8, 4) is 0 Å². The molecule has 7 nitrogen and oxygen atoms in total. The fraction of sp³-hybridized carbons (Fsp3) is 0.182. The zero-order valence-electron chi connectivity index (χ0n) is 10.1. The summed E-state index contributed by atoms with van der Waals surface area (Å²) in [7, 11) is 2.56. The van der Waals surface area contributed by atoms with Gasteiger partial charge in [-0.1, -0.05) is 18.2 Å². The number of anilines is 1. The smallest absolute Gasteiger partial charge is 0.338 e. The number of carbonyl (C=O) groups is 2. The van der Waals surface area contributed by atoms with Crippen molar-refractivity contribution in [2.24, 2.45) is 0 Å². The molecule has 96 valence electrons. The molecule has 4 amide bonds. The van der Waals surface area contributed by atoms with Crippen LogP contribution in [0.5, 0.6) is 0 Å². The van der Waals surface area contributed by atoms with E-state index in [2.05, 4.69) is 15.4 Å². The van der Waals surface area contributed by atoms with Crippen LogP contribution in [0.2, 0.25) is 0 Å². The highest BCUT2D eigenvalue weighted by Gasteiger charge is 2.26. The highest BCUT2D eigenvalue weighted by Crippen LogP contribution is 2.07. The van der Waals surface area contributed by atoms with Crippen LogP contribution >= 0.6 is 0 Å². The summed E-state index contributed by atoms with van der Waals surface area (Å²) in [6, 6.07) is 6.50. The summed E-state index contributed by atoms with van der Waals surface area (Å²) in [6.45, 7) is 0. The third kappa shape index (κ3) is 3.21. The number of nitrogens with zero attached hydrogens (tertiary/aromatic N) is 1. The van der Waals surface area contributed by atoms with Crippen LogP contribution in [0.4, 0.5) is 15.3 Å². The Morgan fingerprint density at radius 1 is 1.22 bits per heavy atom. The summed E-state index contributed by atoms with van der Waals surface area (Å²) in [6.07, 6.45) is 0. The third-order valence-electron chi connectivity index (χ3n) is 2.04. The molecule has 0 unspecified atom stereocenters. The average molecular weight is 250 g/mol. The first-order valence-corrected chi connectivity index (χ1v) is 5.10. The van der Waals surface area contributed by atoms with Crippen LogP contribution in [-0.4, -0.2) is 37.1 Å². The van der Waals surface area contributed by atoms with Crippen molar-refractivity contribution in [3.63, 3.8) is 0 Å². The molecule has 0 saturated carbocycles. The summed E-state index contributed by atoms with van der Waals surface area (Å²) in [5.41, 5.74) is 0.514. The number of benzene rings is 1. The monoisotopic (exact) mass is 250 g/mol. The minimum Gasteiger partial charge on any atom is -0.468 e. The van der Waals surface area contributed by atoms with E-state index in [-0.39, 0.29) is 0 Å². The second kappa shape index (κ2) is 6.24. The fourth-order valence-electron chi connectivity index (χ4n) is 1.18. The molecule has 0 spiro atoms. The third-order valence-corrected chi connectivity index (χ3v) is 2.04. The molecule has 7 heteroatoms. The Kier molecular flexibility index (Phi) is 4.67. The quantitative estimate of drug-likeness (QED) is 0.520. The molecule has 1 aromatic rings. The zero-order valence-corrected chi connectivity index (χ0v) is 10.1. The van der Waals surface area contributed by atoms with Gasteiger partial charge in [0, 0.05) is 12.7 Å². The summed E-state index contributed by atoms with van der Waals surface area (Å²) < 4.78 is 4.58. The van der Waals surface area contributed by atoms with Gasteiger partial charge in [0.15, 0.2) is 0 Å². The minimum atomic E-state index is -0.771. The van der Waals surface area contributed by atoms with Gasteiger partial charge in [0.25, 0.3) is 0 Å². The number of hydrogen-bond acceptors (Lipinski definition) is 4. The largest absolute Gasteiger partial charge is 0.468 e. The van der Waals surface area contributed by atoms with Crippen LogP contribution < -0.4 is 10.6 Å². The van der Waals surface area contributed by atoms with Crippen molar-refractivity contribution in [2.75, 3.05) is 19.5 Å². The number of imide groups is 1. The zero-order chi connectivity index (χ0) is 13.5. The Morgan fingerprint density at radius 3 is 2.33 bits per heavy atom. The normalized spacial score (nSPS) is 9.22.